The summed E-state index contributed by atoms with van der Waals surface area (Å²) in [6.07, 6.45) is 1.43. The minimum atomic E-state index is -1.06. The maximum absolute atomic E-state index is 11.6. The van der Waals surface area contributed by atoms with Crippen molar-refractivity contribution in [2.24, 2.45) is 5.41 Å². The zero-order chi connectivity index (χ0) is 12.3. The molecule has 0 aromatic carbocycles. The molecule has 1 aromatic rings. The highest BCUT2D eigenvalue weighted by Crippen LogP contribution is 2.19. The van der Waals surface area contributed by atoms with Gasteiger partial charge in [-0.1, -0.05) is 20.8 Å². The number of nitrogens with zero attached hydrogens (tertiary/aromatic N) is 1. The van der Waals surface area contributed by atoms with E-state index < -0.39 is 23.3 Å². The van der Waals surface area contributed by atoms with Crippen molar-refractivity contribution in [3.05, 3.63) is 18.0 Å². The summed E-state index contributed by atoms with van der Waals surface area (Å²) in [5.74, 6) is -1.53. The van der Waals surface area contributed by atoms with Gasteiger partial charge in [0.25, 0.3) is 5.91 Å². The Morgan fingerprint density at radius 3 is 2.50 bits per heavy atom. The Balaban J connectivity index is 2.78. The molecule has 0 saturated heterocycles. The van der Waals surface area contributed by atoms with Gasteiger partial charge in [-0.05, 0) is 11.5 Å². The second-order valence-electron chi connectivity index (χ2n) is 4.58. The van der Waals surface area contributed by atoms with Crippen molar-refractivity contribution in [1.82, 2.24) is 15.5 Å². The Morgan fingerprint density at radius 1 is 1.50 bits per heavy atom. The van der Waals surface area contributed by atoms with Crippen molar-refractivity contribution in [2.45, 2.75) is 26.8 Å². The van der Waals surface area contributed by atoms with Crippen LogP contribution >= 0.6 is 0 Å². The van der Waals surface area contributed by atoms with Gasteiger partial charge in [0.05, 0.1) is 0 Å². The summed E-state index contributed by atoms with van der Waals surface area (Å²) in [5.41, 5.74) is -0.308. The van der Waals surface area contributed by atoms with Crippen LogP contribution in [0.3, 0.4) is 0 Å². The number of hydrogen-bond acceptors (Lipinski definition) is 3. The van der Waals surface area contributed by atoms with Gasteiger partial charge in [0.2, 0.25) is 0 Å². The fraction of sp³-hybridized carbons (Fsp3) is 0.500. The molecular weight excluding hydrogens is 210 g/mol. The zero-order valence-electron chi connectivity index (χ0n) is 9.44. The van der Waals surface area contributed by atoms with E-state index in [1.807, 2.05) is 0 Å². The number of carboxylic acids is 1. The van der Waals surface area contributed by atoms with Crippen molar-refractivity contribution in [3.8, 4) is 0 Å². The van der Waals surface area contributed by atoms with Crippen LogP contribution in [0.1, 0.15) is 31.3 Å². The molecule has 1 aromatic heterocycles. The first-order chi connectivity index (χ1) is 7.32. The third-order valence-electron chi connectivity index (χ3n) is 2.13. The Kier molecular flexibility index (Phi) is 3.31. The lowest BCUT2D eigenvalue weighted by atomic mass is 9.86. The Morgan fingerprint density at radius 2 is 2.12 bits per heavy atom. The van der Waals surface area contributed by atoms with Gasteiger partial charge < -0.3 is 10.4 Å². The third-order valence-corrected chi connectivity index (χ3v) is 2.13. The highest BCUT2D eigenvalue weighted by molar-refractivity contribution is 5.95. The number of hydrogen-bond donors (Lipinski definition) is 3. The maximum Gasteiger partial charge on any atom is 0.326 e. The topological polar surface area (TPSA) is 95.1 Å². The summed E-state index contributed by atoms with van der Waals surface area (Å²) < 4.78 is 0. The molecule has 16 heavy (non-hydrogen) atoms. The van der Waals surface area contributed by atoms with Crippen molar-refractivity contribution < 1.29 is 14.7 Å². The van der Waals surface area contributed by atoms with Crippen LogP contribution in [0, 0.1) is 5.41 Å². The number of aromatic amines is 1. The lowest BCUT2D eigenvalue weighted by Crippen LogP contribution is -2.49. The first kappa shape index (κ1) is 12.2. The quantitative estimate of drug-likeness (QED) is 0.703. The number of carbonyl (C=O) groups is 2. The third kappa shape index (κ3) is 2.82. The second kappa shape index (κ2) is 4.34. The number of aromatic nitrogens is 2. The van der Waals surface area contributed by atoms with Crippen LogP contribution in [0.4, 0.5) is 0 Å². The molecule has 1 rings (SSSR count). The van der Waals surface area contributed by atoms with E-state index in [4.69, 9.17) is 5.11 Å². The molecule has 0 spiro atoms. The minimum Gasteiger partial charge on any atom is -0.480 e. The van der Waals surface area contributed by atoms with Crippen molar-refractivity contribution in [2.75, 3.05) is 0 Å². The monoisotopic (exact) mass is 225 g/mol. The summed E-state index contributed by atoms with van der Waals surface area (Å²) in [6, 6.07) is 0.542. The fourth-order valence-electron chi connectivity index (χ4n) is 1.24. The van der Waals surface area contributed by atoms with E-state index in [2.05, 4.69) is 15.5 Å². The first-order valence-corrected chi connectivity index (χ1v) is 4.85. The summed E-state index contributed by atoms with van der Waals surface area (Å²) in [5, 5.41) is 17.6. The van der Waals surface area contributed by atoms with E-state index in [9.17, 15) is 9.59 Å². The van der Waals surface area contributed by atoms with Gasteiger partial charge in [-0.15, -0.1) is 0 Å². The maximum atomic E-state index is 11.6. The highest BCUT2D eigenvalue weighted by Gasteiger charge is 2.32. The van der Waals surface area contributed by atoms with Crippen LogP contribution in [0.15, 0.2) is 12.3 Å². The van der Waals surface area contributed by atoms with Crippen LogP contribution in [0.25, 0.3) is 0 Å². The molecule has 1 amide bonds. The van der Waals surface area contributed by atoms with Crippen LogP contribution in [-0.4, -0.2) is 33.2 Å². The molecule has 1 atom stereocenters. The molecule has 0 aliphatic rings. The molecule has 0 saturated carbocycles. The summed E-state index contributed by atoms with van der Waals surface area (Å²) in [7, 11) is 0. The molecule has 3 N–H and O–H groups in total. The zero-order valence-corrected chi connectivity index (χ0v) is 9.44. The van der Waals surface area contributed by atoms with Gasteiger partial charge in [0.15, 0.2) is 0 Å². The van der Waals surface area contributed by atoms with Crippen LogP contribution in [-0.2, 0) is 4.79 Å². The minimum absolute atomic E-state index is 0.246. The molecular formula is C10H15N3O3. The van der Waals surface area contributed by atoms with Gasteiger partial charge >= 0.3 is 5.97 Å². The van der Waals surface area contributed by atoms with Crippen molar-refractivity contribution >= 4 is 11.9 Å². The molecule has 0 radical (unpaired) electrons. The molecule has 88 valence electrons. The summed E-state index contributed by atoms with van der Waals surface area (Å²) in [6.45, 7) is 5.25. The van der Waals surface area contributed by atoms with E-state index in [1.54, 1.807) is 20.8 Å². The molecule has 0 bridgehead atoms. The first-order valence-electron chi connectivity index (χ1n) is 4.85. The number of carbonyl (C=O) groups excluding carboxylic acids is 1. The van der Waals surface area contributed by atoms with E-state index in [0.29, 0.717) is 0 Å². The number of amides is 1. The van der Waals surface area contributed by atoms with E-state index in [-0.39, 0.29) is 5.69 Å². The summed E-state index contributed by atoms with van der Waals surface area (Å²) >= 11 is 0. The molecule has 1 heterocycles. The van der Waals surface area contributed by atoms with E-state index >= 15 is 0 Å². The number of rotatable bonds is 3. The summed E-state index contributed by atoms with van der Waals surface area (Å²) in [4.78, 5) is 22.6. The van der Waals surface area contributed by atoms with E-state index in [1.165, 1.54) is 12.3 Å². The molecule has 6 heteroatoms. The highest BCUT2D eigenvalue weighted by atomic mass is 16.4. The number of carboxylic acid groups (broad SMARTS) is 1. The Labute approximate surface area is 93.1 Å². The molecule has 0 aliphatic carbocycles. The second-order valence-corrected chi connectivity index (χ2v) is 4.58. The fourth-order valence-corrected chi connectivity index (χ4v) is 1.24. The largest absolute Gasteiger partial charge is 0.480 e. The lowest BCUT2D eigenvalue weighted by Gasteiger charge is -2.27. The standard InChI is InChI=1S/C10H15N3O3/c1-10(2,3)7(9(15)16)12-8(14)6-4-5-11-13-6/h4-5,7H,1-3H3,(H,11,13)(H,12,14)(H,15,16)/t7-/m0/s1. The molecule has 0 fully saturated rings. The Hall–Kier alpha value is -1.85. The van der Waals surface area contributed by atoms with Crippen LogP contribution < -0.4 is 5.32 Å². The predicted molar refractivity (Wildman–Crippen MR) is 56.9 cm³/mol. The SMILES string of the molecule is CC(C)(C)[C@@H](NC(=O)c1ccn[nH]1)C(=O)O. The molecule has 6 nitrogen and oxygen atoms in total. The molecule has 0 aliphatic heterocycles. The van der Waals surface area contributed by atoms with Crippen LogP contribution in [0.5, 0.6) is 0 Å². The molecule has 0 unspecified atom stereocenters. The average Bonchev–Trinajstić information content (AvgIpc) is 2.63. The van der Waals surface area contributed by atoms with Crippen LogP contribution in [0.2, 0.25) is 0 Å². The van der Waals surface area contributed by atoms with Crippen molar-refractivity contribution in [1.29, 1.82) is 0 Å². The van der Waals surface area contributed by atoms with E-state index in [0.717, 1.165) is 0 Å². The van der Waals surface area contributed by atoms with Gasteiger partial charge in [-0.2, -0.15) is 5.10 Å². The smallest absolute Gasteiger partial charge is 0.326 e. The van der Waals surface area contributed by atoms with Gasteiger partial charge in [-0.25, -0.2) is 4.79 Å². The number of H-pyrrole nitrogens is 1. The average molecular weight is 225 g/mol. The number of aliphatic carboxylic acids is 1. The van der Waals surface area contributed by atoms with Gasteiger partial charge in [0.1, 0.15) is 11.7 Å². The number of nitrogens with one attached hydrogen (secondary N) is 2. The lowest BCUT2D eigenvalue weighted by molar-refractivity contribution is -0.142. The predicted octanol–water partition coefficient (Wildman–Crippen LogP) is 0.639. The van der Waals surface area contributed by atoms with Gasteiger partial charge in [-0.3, -0.25) is 9.89 Å². The normalized spacial score (nSPS) is 13.2. The van der Waals surface area contributed by atoms with Gasteiger partial charge in [0, 0.05) is 6.20 Å². The Bertz CT molecular complexity index is 379. The van der Waals surface area contributed by atoms with Crippen molar-refractivity contribution in [3.63, 3.8) is 0 Å².